The summed E-state index contributed by atoms with van der Waals surface area (Å²) in [6, 6.07) is 8.03. The quantitative estimate of drug-likeness (QED) is 0.769. The fraction of sp³-hybridized carbons (Fsp3) is 0.500. The van der Waals surface area contributed by atoms with Crippen molar-refractivity contribution in [1.82, 2.24) is 5.32 Å². The van der Waals surface area contributed by atoms with Gasteiger partial charge in [0.1, 0.15) is 6.04 Å². The molecular formula is C18H26N2O3S. The van der Waals surface area contributed by atoms with Crippen LogP contribution < -0.4 is 9.62 Å². The second-order valence-corrected chi connectivity index (χ2v) is 8.00. The van der Waals surface area contributed by atoms with Gasteiger partial charge in [0.2, 0.25) is 15.9 Å². The van der Waals surface area contributed by atoms with Crippen molar-refractivity contribution in [3.05, 3.63) is 42.0 Å². The summed E-state index contributed by atoms with van der Waals surface area (Å²) in [5.74, 6) is -0.252. The summed E-state index contributed by atoms with van der Waals surface area (Å²) in [6.45, 7) is 2.33. The van der Waals surface area contributed by atoms with Gasteiger partial charge in [0, 0.05) is 6.54 Å². The number of carbonyl (C=O) groups is 1. The molecule has 1 aliphatic rings. The number of amides is 1. The van der Waals surface area contributed by atoms with Crippen molar-refractivity contribution in [3.8, 4) is 0 Å². The van der Waals surface area contributed by atoms with Crippen LogP contribution in [0.5, 0.6) is 0 Å². The minimum absolute atomic E-state index is 0.252. The summed E-state index contributed by atoms with van der Waals surface area (Å²) in [7, 11) is -3.56. The van der Waals surface area contributed by atoms with E-state index in [1.165, 1.54) is 16.3 Å². The van der Waals surface area contributed by atoms with E-state index >= 15 is 0 Å². The smallest absolute Gasteiger partial charge is 0.244 e. The van der Waals surface area contributed by atoms with Gasteiger partial charge in [-0.25, -0.2) is 8.42 Å². The molecule has 0 radical (unpaired) electrons. The Hall–Kier alpha value is -1.82. The molecule has 0 spiro atoms. The third-order valence-corrected chi connectivity index (χ3v) is 5.40. The highest BCUT2D eigenvalue weighted by Crippen LogP contribution is 2.22. The minimum Gasteiger partial charge on any atom is -0.351 e. The lowest BCUT2D eigenvalue weighted by Gasteiger charge is -2.30. The van der Waals surface area contributed by atoms with Crippen molar-refractivity contribution in [2.45, 2.75) is 45.1 Å². The number of nitrogens with one attached hydrogen (secondary N) is 1. The highest BCUT2D eigenvalue weighted by molar-refractivity contribution is 7.92. The van der Waals surface area contributed by atoms with Crippen LogP contribution in [-0.4, -0.2) is 33.2 Å². The van der Waals surface area contributed by atoms with E-state index in [4.69, 9.17) is 0 Å². The van der Waals surface area contributed by atoms with Crippen molar-refractivity contribution in [2.75, 3.05) is 17.1 Å². The standard InChI is InChI=1S/C18H26N2O3S/c1-3-17(18(21)19-14-15-10-6-4-7-11-15)20(24(2,22)23)16-12-8-5-9-13-16/h5,8-10,12-13,17H,3-4,6-7,11,14H2,1-2H3,(H,19,21). The number of hydrogen-bond donors (Lipinski definition) is 1. The maximum absolute atomic E-state index is 12.6. The van der Waals surface area contributed by atoms with Crippen molar-refractivity contribution in [1.29, 1.82) is 0 Å². The maximum Gasteiger partial charge on any atom is 0.244 e. The number of anilines is 1. The molecule has 0 aliphatic heterocycles. The molecule has 24 heavy (non-hydrogen) atoms. The first-order valence-corrected chi connectivity index (χ1v) is 10.3. The average Bonchev–Trinajstić information content (AvgIpc) is 2.58. The first-order valence-electron chi connectivity index (χ1n) is 8.43. The third kappa shape index (κ3) is 4.84. The molecule has 1 atom stereocenters. The zero-order chi connectivity index (χ0) is 17.6. The molecule has 1 aromatic rings. The van der Waals surface area contributed by atoms with Crippen LogP contribution in [0, 0.1) is 0 Å². The predicted octanol–water partition coefficient (Wildman–Crippen LogP) is 2.85. The van der Waals surface area contributed by atoms with E-state index in [9.17, 15) is 13.2 Å². The van der Waals surface area contributed by atoms with Gasteiger partial charge in [0.15, 0.2) is 0 Å². The molecule has 1 amide bonds. The van der Waals surface area contributed by atoms with Gasteiger partial charge in [-0.15, -0.1) is 0 Å². The van der Waals surface area contributed by atoms with Gasteiger partial charge in [-0.3, -0.25) is 9.10 Å². The number of para-hydroxylation sites is 1. The summed E-state index contributed by atoms with van der Waals surface area (Å²) in [5, 5.41) is 2.91. The van der Waals surface area contributed by atoms with Crippen LogP contribution in [-0.2, 0) is 14.8 Å². The van der Waals surface area contributed by atoms with Crippen LogP contribution >= 0.6 is 0 Å². The summed E-state index contributed by atoms with van der Waals surface area (Å²) in [6.07, 6.45) is 8.14. The Labute approximate surface area is 144 Å². The Morgan fingerprint density at radius 1 is 1.25 bits per heavy atom. The van der Waals surface area contributed by atoms with Gasteiger partial charge in [0.25, 0.3) is 0 Å². The van der Waals surface area contributed by atoms with E-state index in [1.54, 1.807) is 24.3 Å². The predicted molar refractivity (Wildman–Crippen MR) is 97.4 cm³/mol. The highest BCUT2D eigenvalue weighted by Gasteiger charge is 2.31. The number of nitrogens with zero attached hydrogens (tertiary/aromatic N) is 1. The molecule has 1 aliphatic carbocycles. The van der Waals surface area contributed by atoms with Crippen LogP contribution in [0.25, 0.3) is 0 Å². The first-order chi connectivity index (χ1) is 11.4. The van der Waals surface area contributed by atoms with Gasteiger partial charge in [0.05, 0.1) is 11.9 Å². The van der Waals surface area contributed by atoms with Gasteiger partial charge in [-0.05, 0) is 44.2 Å². The number of sulfonamides is 1. The fourth-order valence-electron chi connectivity index (χ4n) is 3.02. The molecule has 0 bridgehead atoms. The third-order valence-electron chi connectivity index (χ3n) is 4.22. The number of hydrogen-bond acceptors (Lipinski definition) is 3. The largest absolute Gasteiger partial charge is 0.351 e. The zero-order valence-corrected chi connectivity index (χ0v) is 15.2. The fourth-order valence-corrected chi connectivity index (χ4v) is 4.23. The summed E-state index contributed by atoms with van der Waals surface area (Å²) in [5.41, 5.74) is 1.74. The molecule has 132 valence electrons. The van der Waals surface area contributed by atoms with Crippen LogP contribution in [0.4, 0.5) is 5.69 Å². The molecule has 0 saturated carbocycles. The van der Waals surface area contributed by atoms with Crippen LogP contribution in [0.3, 0.4) is 0 Å². The van der Waals surface area contributed by atoms with Gasteiger partial charge < -0.3 is 5.32 Å². The molecule has 5 nitrogen and oxygen atoms in total. The first kappa shape index (κ1) is 18.5. The lowest BCUT2D eigenvalue weighted by Crippen LogP contribution is -2.49. The van der Waals surface area contributed by atoms with Gasteiger partial charge in [-0.2, -0.15) is 0 Å². The number of benzene rings is 1. The van der Waals surface area contributed by atoms with E-state index in [-0.39, 0.29) is 5.91 Å². The molecule has 0 fully saturated rings. The lowest BCUT2D eigenvalue weighted by atomic mass is 9.99. The van der Waals surface area contributed by atoms with E-state index < -0.39 is 16.1 Å². The second kappa shape index (κ2) is 8.33. The number of allylic oxidation sites excluding steroid dienone is 1. The van der Waals surface area contributed by atoms with Crippen LogP contribution in [0.2, 0.25) is 0 Å². The molecule has 1 N–H and O–H groups in total. The summed E-state index contributed by atoms with van der Waals surface area (Å²) in [4.78, 5) is 12.6. The van der Waals surface area contributed by atoms with Crippen molar-refractivity contribution < 1.29 is 13.2 Å². The Bertz CT molecular complexity index is 683. The second-order valence-electron chi connectivity index (χ2n) is 6.14. The maximum atomic E-state index is 12.6. The van der Waals surface area contributed by atoms with E-state index in [1.807, 2.05) is 13.0 Å². The van der Waals surface area contributed by atoms with E-state index in [0.717, 1.165) is 25.5 Å². The van der Waals surface area contributed by atoms with Crippen molar-refractivity contribution >= 4 is 21.6 Å². The summed E-state index contributed by atoms with van der Waals surface area (Å²) < 4.78 is 25.8. The van der Waals surface area contributed by atoms with E-state index in [2.05, 4.69) is 11.4 Å². The molecule has 2 rings (SSSR count). The average molecular weight is 350 g/mol. The number of carbonyl (C=O) groups excluding carboxylic acids is 1. The Balaban J connectivity index is 2.16. The lowest BCUT2D eigenvalue weighted by molar-refractivity contribution is -0.122. The molecule has 1 unspecified atom stereocenters. The molecule has 0 saturated heterocycles. The molecular weight excluding hydrogens is 324 g/mol. The van der Waals surface area contributed by atoms with Gasteiger partial charge >= 0.3 is 0 Å². The SMILES string of the molecule is CCC(C(=O)NCC1=CCCCC1)N(c1ccccc1)S(C)(=O)=O. The zero-order valence-electron chi connectivity index (χ0n) is 14.4. The molecule has 0 aromatic heterocycles. The Morgan fingerprint density at radius 3 is 2.50 bits per heavy atom. The topological polar surface area (TPSA) is 66.5 Å². The van der Waals surface area contributed by atoms with Gasteiger partial charge in [-0.1, -0.05) is 36.8 Å². The molecule has 1 aromatic carbocycles. The molecule has 6 heteroatoms. The normalized spacial score (nSPS) is 16.2. The van der Waals surface area contributed by atoms with Crippen molar-refractivity contribution in [2.24, 2.45) is 0 Å². The Kier molecular flexibility index (Phi) is 6.43. The number of rotatable bonds is 7. The highest BCUT2D eigenvalue weighted by atomic mass is 32.2. The summed E-state index contributed by atoms with van der Waals surface area (Å²) >= 11 is 0. The molecule has 0 heterocycles. The Morgan fingerprint density at radius 2 is 1.96 bits per heavy atom. The van der Waals surface area contributed by atoms with Crippen LogP contribution in [0.1, 0.15) is 39.0 Å². The van der Waals surface area contributed by atoms with Crippen LogP contribution in [0.15, 0.2) is 42.0 Å². The monoisotopic (exact) mass is 350 g/mol. The minimum atomic E-state index is -3.56. The van der Waals surface area contributed by atoms with Crippen molar-refractivity contribution in [3.63, 3.8) is 0 Å². The van der Waals surface area contributed by atoms with E-state index in [0.29, 0.717) is 18.7 Å².